The molecule has 3 aromatic heterocycles. The number of ether oxygens (including phenoxy) is 3. The second kappa shape index (κ2) is 10.8. The van der Waals surface area contributed by atoms with Crippen molar-refractivity contribution in [2.75, 3.05) is 31.8 Å². The summed E-state index contributed by atoms with van der Waals surface area (Å²) in [5, 5.41) is 18.7. The highest BCUT2D eigenvalue weighted by molar-refractivity contribution is 7.92. The number of anilines is 1. The van der Waals surface area contributed by atoms with Gasteiger partial charge in [-0.2, -0.15) is 0 Å². The van der Waals surface area contributed by atoms with Crippen molar-refractivity contribution in [2.24, 2.45) is 0 Å². The number of hydrogen-bond acceptors (Lipinski definition) is 11. The smallest absolute Gasteiger partial charge is 0.243 e. The van der Waals surface area contributed by atoms with E-state index in [2.05, 4.69) is 29.9 Å². The van der Waals surface area contributed by atoms with Crippen molar-refractivity contribution in [1.29, 1.82) is 0 Å². The third kappa shape index (κ3) is 5.59. The molecule has 3 heterocycles. The van der Waals surface area contributed by atoms with Crippen molar-refractivity contribution in [2.45, 2.75) is 13.0 Å². The van der Waals surface area contributed by atoms with Crippen LogP contribution in [0, 0.1) is 6.92 Å². The number of para-hydroxylation sites is 1. The van der Waals surface area contributed by atoms with E-state index in [9.17, 15) is 13.5 Å². The van der Waals surface area contributed by atoms with Crippen molar-refractivity contribution in [3.63, 3.8) is 0 Å². The largest absolute Gasteiger partial charge is 0.494 e. The SMILES string of the molecule is COc1cccc(-c2nnc(NS(=O)(=O)C[C@H](O)c3ncc(C)cn3)n2-c2c(OC)cccc2OC)n1. The molecule has 4 rings (SSSR count). The predicted octanol–water partition coefficient (Wildman–Crippen LogP) is 1.93. The zero-order chi connectivity index (χ0) is 26.6. The highest BCUT2D eigenvalue weighted by Gasteiger charge is 2.28. The van der Waals surface area contributed by atoms with E-state index in [1.54, 1.807) is 43.3 Å². The van der Waals surface area contributed by atoms with Gasteiger partial charge in [-0.25, -0.2) is 23.4 Å². The minimum Gasteiger partial charge on any atom is -0.494 e. The number of nitrogens with one attached hydrogen (secondary N) is 1. The van der Waals surface area contributed by atoms with E-state index in [4.69, 9.17) is 14.2 Å². The number of rotatable bonds is 10. The molecule has 0 aliphatic carbocycles. The second-order valence-electron chi connectivity index (χ2n) is 7.78. The molecule has 0 saturated carbocycles. The van der Waals surface area contributed by atoms with Gasteiger partial charge in [-0.3, -0.25) is 9.29 Å². The highest BCUT2D eigenvalue weighted by Crippen LogP contribution is 2.37. The van der Waals surface area contributed by atoms with E-state index in [0.717, 1.165) is 5.56 Å². The Kier molecular flexibility index (Phi) is 7.50. The third-order valence-corrected chi connectivity index (χ3v) is 6.42. The molecule has 1 aromatic carbocycles. The van der Waals surface area contributed by atoms with E-state index < -0.39 is 21.9 Å². The van der Waals surface area contributed by atoms with Crippen LogP contribution in [0.25, 0.3) is 17.2 Å². The Morgan fingerprint density at radius 2 is 1.62 bits per heavy atom. The normalized spacial score (nSPS) is 12.1. The molecular weight excluding hydrogens is 502 g/mol. The first-order valence-electron chi connectivity index (χ1n) is 10.9. The van der Waals surface area contributed by atoms with Crippen LogP contribution in [0.3, 0.4) is 0 Å². The van der Waals surface area contributed by atoms with E-state index in [0.29, 0.717) is 28.8 Å². The van der Waals surface area contributed by atoms with Crippen LogP contribution in [-0.4, -0.2) is 70.3 Å². The molecule has 1 atom stereocenters. The van der Waals surface area contributed by atoms with Gasteiger partial charge in [0.1, 0.15) is 34.7 Å². The summed E-state index contributed by atoms with van der Waals surface area (Å²) in [6.07, 6.45) is 1.50. The van der Waals surface area contributed by atoms with E-state index in [1.807, 2.05) is 0 Å². The van der Waals surface area contributed by atoms with Gasteiger partial charge in [0.15, 0.2) is 11.6 Å². The number of aliphatic hydroxyl groups excluding tert-OH is 1. The number of aryl methyl sites for hydroxylation is 1. The molecular formula is C23H25N7O6S. The van der Waals surface area contributed by atoms with Gasteiger partial charge in [0.05, 0.1) is 21.3 Å². The van der Waals surface area contributed by atoms with Gasteiger partial charge in [-0.15, -0.1) is 10.2 Å². The summed E-state index contributed by atoms with van der Waals surface area (Å²) < 4.78 is 46.3. The van der Waals surface area contributed by atoms with E-state index >= 15 is 0 Å². The van der Waals surface area contributed by atoms with Gasteiger partial charge >= 0.3 is 0 Å². The van der Waals surface area contributed by atoms with Gasteiger partial charge in [0.25, 0.3) is 0 Å². The molecule has 0 fully saturated rings. The minimum atomic E-state index is -4.17. The maximum atomic E-state index is 13.1. The molecule has 0 saturated heterocycles. The minimum absolute atomic E-state index is 0.0230. The van der Waals surface area contributed by atoms with Gasteiger partial charge < -0.3 is 19.3 Å². The van der Waals surface area contributed by atoms with E-state index in [-0.39, 0.29) is 17.6 Å². The van der Waals surface area contributed by atoms with Crippen molar-refractivity contribution in [3.8, 4) is 34.6 Å². The molecule has 13 nitrogen and oxygen atoms in total. The van der Waals surface area contributed by atoms with Crippen LogP contribution in [0.1, 0.15) is 17.5 Å². The Balaban J connectivity index is 1.80. The lowest BCUT2D eigenvalue weighted by molar-refractivity contribution is 0.191. The zero-order valence-electron chi connectivity index (χ0n) is 20.5. The molecule has 14 heteroatoms. The predicted molar refractivity (Wildman–Crippen MR) is 133 cm³/mol. The molecule has 0 bridgehead atoms. The number of pyridine rings is 1. The number of hydrogen-bond donors (Lipinski definition) is 2. The molecule has 194 valence electrons. The van der Waals surface area contributed by atoms with Crippen molar-refractivity contribution in [1.82, 2.24) is 29.7 Å². The average Bonchev–Trinajstić information content (AvgIpc) is 3.30. The monoisotopic (exact) mass is 527 g/mol. The van der Waals surface area contributed by atoms with Crippen molar-refractivity contribution >= 4 is 16.0 Å². The lowest BCUT2D eigenvalue weighted by Gasteiger charge is -2.18. The number of methoxy groups -OCH3 is 3. The summed E-state index contributed by atoms with van der Waals surface area (Å²) in [5.41, 5.74) is 1.45. The summed E-state index contributed by atoms with van der Waals surface area (Å²) in [4.78, 5) is 12.4. The topological polar surface area (TPSA) is 163 Å². The van der Waals surface area contributed by atoms with E-state index in [1.165, 1.54) is 38.3 Å². The molecule has 0 spiro atoms. The lowest BCUT2D eigenvalue weighted by atomic mass is 10.2. The third-order valence-electron chi connectivity index (χ3n) is 5.17. The lowest BCUT2D eigenvalue weighted by Crippen LogP contribution is -2.24. The van der Waals surface area contributed by atoms with Crippen molar-refractivity contribution < 1.29 is 27.7 Å². The van der Waals surface area contributed by atoms with Gasteiger partial charge in [-0.1, -0.05) is 12.1 Å². The fourth-order valence-electron chi connectivity index (χ4n) is 3.47. The Morgan fingerprint density at radius 3 is 2.24 bits per heavy atom. The molecule has 0 aliphatic heterocycles. The molecule has 0 radical (unpaired) electrons. The highest BCUT2D eigenvalue weighted by atomic mass is 32.2. The number of sulfonamides is 1. The van der Waals surface area contributed by atoms with Gasteiger partial charge in [0.2, 0.25) is 21.9 Å². The maximum absolute atomic E-state index is 13.1. The molecule has 37 heavy (non-hydrogen) atoms. The van der Waals surface area contributed by atoms with Crippen LogP contribution in [0.2, 0.25) is 0 Å². The number of aromatic nitrogens is 6. The summed E-state index contributed by atoms with van der Waals surface area (Å²) in [7, 11) is 0.234. The van der Waals surface area contributed by atoms with Crippen molar-refractivity contribution in [3.05, 3.63) is 60.2 Å². The Morgan fingerprint density at radius 1 is 0.973 bits per heavy atom. The Labute approximate surface area is 213 Å². The molecule has 2 N–H and O–H groups in total. The Hall–Kier alpha value is -4.30. The summed E-state index contributed by atoms with van der Waals surface area (Å²) >= 11 is 0. The van der Waals surface area contributed by atoms with Gasteiger partial charge in [-0.05, 0) is 30.7 Å². The van der Waals surface area contributed by atoms with Gasteiger partial charge in [0, 0.05) is 18.5 Å². The maximum Gasteiger partial charge on any atom is 0.243 e. The second-order valence-corrected chi connectivity index (χ2v) is 9.54. The number of aliphatic hydroxyl groups is 1. The zero-order valence-corrected chi connectivity index (χ0v) is 21.3. The number of nitrogens with zero attached hydrogens (tertiary/aromatic N) is 6. The average molecular weight is 528 g/mol. The summed E-state index contributed by atoms with van der Waals surface area (Å²) in [6.45, 7) is 1.78. The van der Waals surface area contributed by atoms with Crippen LogP contribution in [-0.2, 0) is 10.0 Å². The van der Waals surface area contributed by atoms with Crippen LogP contribution >= 0.6 is 0 Å². The van der Waals surface area contributed by atoms with Crippen LogP contribution in [0.15, 0.2) is 48.8 Å². The Bertz CT molecular complexity index is 1470. The van der Waals surface area contributed by atoms with Crippen LogP contribution < -0.4 is 18.9 Å². The molecule has 0 aliphatic rings. The first kappa shape index (κ1) is 25.8. The first-order valence-corrected chi connectivity index (χ1v) is 12.6. The van der Waals surface area contributed by atoms with Crippen LogP contribution in [0.5, 0.6) is 17.4 Å². The summed E-state index contributed by atoms with van der Waals surface area (Å²) in [6, 6.07) is 10.1. The quantitative estimate of drug-likeness (QED) is 0.310. The molecule has 0 unspecified atom stereocenters. The van der Waals surface area contributed by atoms with Crippen LogP contribution in [0.4, 0.5) is 5.95 Å². The number of benzene rings is 1. The summed E-state index contributed by atoms with van der Waals surface area (Å²) in [5.74, 6) is 0.293. The fraction of sp³-hybridized carbons (Fsp3) is 0.261. The fourth-order valence-corrected chi connectivity index (χ4v) is 4.53. The standard InChI is InChI=1S/C23H25N7O6S/c1-14-11-24-21(25-12-14)16(31)13-37(32,33)29-23-28-27-22(15-7-5-10-19(26-15)36-4)30(23)20-17(34-2)8-6-9-18(20)35-3/h5-12,16,31H,13H2,1-4H3,(H,28,29)/t16-/m0/s1. The molecule has 0 amide bonds. The first-order chi connectivity index (χ1) is 17.8. The molecule has 4 aromatic rings.